The third-order valence-electron chi connectivity index (χ3n) is 4.28. The number of thiazole rings is 1. The maximum atomic E-state index is 12.8. The molecular formula is C17H17ClN5NaO7S2. The molecule has 0 aliphatic carbocycles. The molecule has 1 saturated heterocycles. The monoisotopic (exact) mass is 525 g/mol. The third-order valence-corrected chi connectivity index (χ3v) is 6.45. The average Bonchev–Trinajstić information content (AvgIpc) is 3.18. The number of aliphatic carboxylic acids is 1. The van der Waals surface area contributed by atoms with E-state index in [-0.39, 0.29) is 82.2 Å². The Morgan fingerprint density at radius 1 is 1.45 bits per heavy atom. The molecule has 33 heavy (non-hydrogen) atoms. The number of carboxylic acid groups (broad SMARTS) is 1. The van der Waals surface area contributed by atoms with Gasteiger partial charge < -0.3 is 30.5 Å². The number of β-lactam (4-membered cyclic amide) rings is 1. The smallest absolute Gasteiger partial charge is 0.543 e. The molecule has 3 heterocycles. The summed E-state index contributed by atoms with van der Waals surface area (Å²) in [6.45, 7) is 0.945. The predicted molar refractivity (Wildman–Crippen MR) is 113 cm³/mol. The van der Waals surface area contributed by atoms with Crippen molar-refractivity contribution in [2.45, 2.75) is 18.3 Å². The molecule has 1 fully saturated rings. The topological polar surface area (TPSA) is 176 Å². The van der Waals surface area contributed by atoms with E-state index >= 15 is 0 Å². The van der Waals surface area contributed by atoms with Crippen LogP contribution in [0.2, 0.25) is 0 Å². The molecule has 3 N–H and O–H groups in total. The van der Waals surface area contributed by atoms with E-state index < -0.39 is 35.2 Å². The van der Waals surface area contributed by atoms with Gasteiger partial charge in [0.25, 0.3) is 11.8 Å². The zero-order chi connectivity index (χ0) is 23.4. The van der Waals surface area contributed by atoms with E-state index in [2.05, 4.69) is 15.5 Å². The number of nitrogens with two attached hydrogens (primary N) is 1. The molecule has 3 rings (SSSR count). The molecule has 2 aliphatic heterocycles. The van der Waals surface area contributed by atoms with E-state index in [1.54, 1.807) is 0 Å². The first-order chi connectivity index (χ1) is 15.2. The largest absolute Gasteiger partial charge is 1.00 e. The first-order valence-corrected chi connectivity index (χ1v) is 11.5. The number of carbonyl (C=O) groups is 4. The van der Waals surface area contributed by atoms with Crippen LogP contribution in [-0.2, 0) is 28.8 Å². The quantitative estimate of drug-likeness (QED) is 0.0609. The SMILES string of the molecule is CC(=O)OCC1=C(C(=O)[O-])N2C(=O)[C@@H](NC(=O)C(=NOCCCl)c3csc(N)n3)[C@H]2SC1.[Na+]. The minimum absolute atomic E-state index is 0. The van der Waals surface area contributed by atoms with Crippen LogP contribution in [0.5, 0.6) is 0 Å². The number of nitrogens with one attached hydrogen (secondary N) is 1. The summed E-state index contributed by atoms with van der Waals surface area (Å²) in [5.41, 5.74) is 5.43. The van der Waals surface area contributed by atoms with Crippen LogP contribution < -0.4 is 45.7 Å². The van der Waals surface area contributed by atoms with Gasteiger partial charge in [-0.2, -0.15) is 0 Å². The van der Waals surface area contributed by atoms with E-state index in [4.69, 9.17) is 26.9 Å². The maximum Gasteiger partial charge on any atom is 1.00 e. The van der Waals surface area contributed by atoms with Gasteiger partial charge in [0.1, 0.15) is 30.3 Å². The number of halogens is 1. The number of aromatic nitrogens is 1. The maximum absolute atomic E-state index is 12.8. The number of thioether (sulfide) groups is 1. The van der Waals surface area contributed by atoms with Crippen LogP contribution in [0.4, 0.5) is 5.13 Å². The molecule has 0 saturated carbocycles. The molecule has 172 valence electrons. The Labute approximate surface area is 223 Å². The van der Waals surface area contributed by atoms with Crippen LogP contribution in [-0.4, -0.2) is 75.6 Å². The molecule has 12 nitrogen and oxygen atoms in total. The fraction of sp³-hybridized carbons (Fsp3) is 0.412. The number of hydrogen-bond donors (Lipinski definition) is 2. The second-order valence-electron chi connectivity index (χ2n) is 6.41. The molecule has 0 bridgehead atoms. The number of alkyl halides is 1. The van der Waals surface area contributed by atoms with E-state index in [0.29, 0.717) is 0 Å². The Morgan fingerprint density at radius 3 is 2.76 bits per heavy atom. The number of nitrogen functional groups attached to an aromatic ring is 1. The van der Waals surface area contributed by atoms with Crippen LogP contribution in [0.3, 0.4) is 0 Å². The van der Waals surface area contributed by atoms with E-state index in [9.17, 15) is 24.3 Å². The van der Waals surface area contributed by atoms with Crippen molar-refractivity contribution < 1.29 is 63.4 Å². The van der Waals surface area contributed by atoms with Gasteiger partial charge in [-0.3, -0.25) is 19.3 Å². The van der Waals surface area contributed by atoms with Crippen molar-refractivity contribution in [2.75, 3.05) is 30.6 Å². The van der Waals surface area contributed by atoms with Gasteiger partial charge in [0, 0.05) is 23.6 Å². The number of hydrogen-bond acceptors (Lipinski definition) is 12. The van der Waals surface area contributed by atoms with Crippen LogP contribution in [0.25, 0.3) is 0 Å². The first-order valence-electron chi connectivity index (χ1n) is 9.04. The Bertz CT molecular complexity index is 1020. The minimum Gasteiger partial charge on any atom is -0.543 e. The van der Waals surface area contributed by atoms with Crippen molar-refractivity contribution in [1.82, 2.24) is 15.2 Å². The number of carboxylic acids is 1. The number of esters is 1. The molecular weight excluding hydrogens is 509 g/mol. The molecule has 0 radical (unpaired) electrons. The van der Waals surface area contributed by atoms with Crippen LogP contribution >= 0.6 is 34.7 Å². The molecule has 0 spiro atoms. The number of ether oxygens (including phenoxy) is 1. The number of oxime groups is 1. The van der Waals surface area contributed by atoms with Crippen molar-refractivity contribution in [1.29, 1.82) is 0 Å². The molecule has 1 aromatic heterocycles. The second kappa shape index (κ2) is 12.0. The van der Waals surface area contributed by atoms with Crippen molar-refractivity contribution in [2.24, 2.45) is 5.16 Å². The number of nitrogens with zero attached hydrogens (tertiary/aromatic N) is 3. The summed E-state index contributed by atoms with van der Waals surface area (Å²) >= 11 is 7.85. The molecule has 2 aliphatic rings. The van der Waals surface area contributed by atoms with Gasteiger partial charge in [0.2, 0.25) is 0 Å². The minimum atomic E-state index is -1.58. The van der Waals surface area contributed by atoms with Gasteiger partial charge in [0.05, 0.1) is 17.5 Å². The number of amides is 2. The Kier molecular flexibility index (Phi) is 10.00. The number of rotatable bonds is 9. The third kappa shape index (κ3) is 6.19. The summed E-state index contributed by atoms with van der Waals surface area (Å²) in [4.78, 5) is 58.2. The molecule has 2 amide bonds. The van der Waals surface area contributed by atoms with Crippen LogP contribution in [0, 0.1) is 0 Å². The van der Waals surface area contributed by atoms with Gasteiger partial charge in [0.15, 0.2) is 10.8 Å². The normalized spacial score (nSPS) is 19.8. The Morgan fingerprint density at radius 2 is 2.18 bits per heavy atom. The molecule has 2 atom stereocenters. The van der Waals surface area contributed by atoms with E-state index in [1.165, 1.54) is 24.1 Å². The first kappa shape index (κ1) is 27.4. The molecule has 0 aromatic carbocycles. The summed E-state index contributed by atoms with van der Waals surface area (Å²) in [7, 11) is 0. The number of fused-ring (bicyclic) bond motifs is 1. The second-order valence-corrected chi connectivity index (χ2v) is 8.79. The van der Waals surface area contributed by atoms with Crippen molar-refractivity contribution in [3.05, 3.63) is 22.3 Å². The van der Waals surface area contributed by atoms with Crippen LogP contribution in [0.1, 0.15) is 12.6 Å². The number of anilines is 1. The van der Waals surface area contributed by atoms with Crippen molar-refractivity contribution in [3.8, 4) is 0 Å². The standard InChI is InChI=1S/C17H18ClN5O7S2.Na/c1-7(24)29-4-8-5-31-15-11(14(26)23(15)12(8)16(27)28)21-13(25)10(22-30-3-2-18)9-6-32-17(19)20-9;/h6,11,15H,2-5H2,1H3,(H2,19,20)(H,21,25)(H,27,28);/q;+1/p-1/t11-,15-;/m1./s1. The van der Waals surface area contributed by atoms with Crippen molar-refractivity contribution in [3.63, 3.8) is 0 Å². The van der Waals surface area contributed by atoms with Gasteiger partial charge in [-0.1, -0.05) is 5.16 Å². The summed E-state index contributed by atoms with van der Waals surface area (Å²) in [6.07, 6.45) is 0. The van der Waals surface area contributed by atoms with E-state index in [0.717, 1.165) is 16.2 Å². The molecule has 1 aromatic rings. The van der Waals surface area contributed by atoms with Gasteiger partial charge in [-0.15, -0.1) is 34.7 Å². The fourth-order valence-corrected chi connectivity index (χ4v) is 4.87. The predicted octanol–water partition coefficient (Wildman–Crippen LogP) is -4.34. The number of carbonyl (C=O) groups excluding carboxylic acids is 4. The fourth-order valence-electron chi connectivity index (χ4n) is 2.93. The van der Waals surface area contributed by atoms with Gasteiger partial charge in [-0.05, 0) is 0 Å². The Balaban J connectivity index is 0.00000385. The average molecular weight is 526 g/mol. The van der Waals surface area contributed by atoms with Gasteiger partial charge >= 0.3 is 35.5 Å². The molecule has 0 unspecified atom stereocenters. The zero-order valence-corrected chi connectivity index (χ0v) is 21.9. The molecule has 16 heteroatoms. The summed E-state index contributed by atoms with van der Waals surface area (Å²) in [5, 5.41) is 18.9. The zero-order valence-electron chi connectivity index (χ0n) is 17.5. The van der Waals surface area contributed by atoms with Crippen molar-refractivity contribution >= 4 is 69.3 Å². The summed E-state index contributed by atoms with van der Waals surface area (Å²) in [5.74, 6) is -3.28. The Hall–Kier alpha value is -1.84. The van der Waals surface area contributed by atoms with Crippen LogP contribution in [0.15, 0.2) is 21.8 Å². The summed E-state index contributed by atoms with van der Waals surface area (Å²) < 4.78 is 4.86. The summed E-state index contributed by atoms with van der Waals surface area (Å²) in [6, 6.07) is -1.02. The van der Waals surface area contributed by atoms with E-state index in [1.807, 2.05) is 0 Å². The van der Waals surface area contributed by atoms with Gasteiger partial charge in [-0.25, -0.2) is 4.98 Å².